The van der Waals surface area contributed by atoms with Gasteiger partial charge in [-0.3, -0.25) is 0 Å². The minimum Gasteiger partial charge on any atom is -0.494 e. The van der Waals surface area contributed by atoms with Gasteiger partial charge in [0.05, 0.1) is 12.8 Å². The van der Waals surface area contributed by atoms with Gasteiger partial charge in [-0.1, -0.05) is 12.1 Å². The molecule has 1 N–H and O–H groups in total. The third kappa shape index (κ3) is 2.36. The van der Waals surface area contributed by atoms with E-state index in [9.17, 15) is 4.39 Å². The molecule has 1 aliphatic heterocycles. The summed E-state index contributed by atoms with van der Waals surface area (Å²) in [4.78, 5) is 8.63. The Bertz CT molecular complexity index is 631. The lowest BCUT2D eigenvalue weighted by Gasteiger charge is -2.18. The van der Waals surface area contributed by atoms with Crippen LogP contribution >= 0.6 is 0 Å². The number of hydrogen-bond acceptors (Lipinski definition) is 4. The summed E-state index contributed by atoms with van der Waals surface area (Å²) >= 11 is 0. The smallest absolute Gasteiger partial charge is 0.168 e. The highest BCUT2D eigenvalue weighted by Gasteiger charge is 2.17. The van der Waals surface area contributed by atoms with Crippen LogP contribution in [0.2, 0.25) is 0 Å². The average molecular weight is 273 g/mol. The fourth-order valence-corrected chi connectivity index (χ4v) is 2.51. The summed E-state index contributed by atoms with van der Waals surface area (Å²) in [6, 6.07) is 5.18. The number of fused-ring (bicyclic) bond motifs is 1. The first-order valence-corrected chi connectivity index (χ1v) is 6.63. The minimum atomic E-state index is -0.314. The van der Waals surface area contributed by atoms with Crippen molar-refractivity contribution in [3.63, 3.8) is 0 Å². The highest BCUT2D eigenvalue weighted by Crippen LogP contribution is 2.24. The van der Waals surface area contributed by atoms with E-state index in [1.54, 1.807) is 24.5 Å². The van der Waals surface area contributed by atoms with E-state index in [-0.39, 0.29) is 11.6 Å². The van der Waals surface area contributed by atoms with Gasteiger partial charge in [0.1, 0.15) is 6.33 Å². The van der Waals surface area contributed by atoms with Gasteiger partial charge in [-0.25, -0.2) is 14.4 Å². The second kappa shape index (κ2) is 5.54. The molecule has 0 radical (unpaired) electrons. The molecule has 0 unspecified atom stereocenters. The Morgan fingerprint density at radius 2 is 2.25 bits per heavy atom. The standard InChI is InChI=1S/C15H16FN3O/c1-20-14-4-2-3-10(15(14)16)7-13-11-8-17-6-5-12(11)18-9-19-13/h2-4,9,17H,5-8H2,1H3. The number of rotatable bonds is 3. The van der Waals surface area contributed by atoms with Crippen LogP contribution in [0, 0.1) is 5.82 Å². The second-order valence-electron chi connectivity index (χ2n) is 4.78. The molecule has 0 spiro atoms. The molecular formula is C15H16FN3O. The average Bonchev–Trinajstić information content (AvgIpc) is 2.50. The van der Waals surface area contributed by atoms with Crippen LogP contribution in [-0.2, 0) is 19.4 Å². The summed E-state index contributed by atoms with van der Waals surface area (Å²) in [5.41, 5.74) is 3.64. The van der Waals surface area contributed by atoms with Crippen LogP contribution in [0.25, 0.3) is 0 Å². The molecule has 0 bridgehead atoms. The lowest BCUT2D eigenvalue weighted by Crippen LogP contribution is -2.26. The van der Waals surface area contributed by atoms with E-state index in [0.29, 0.717) is 12.0 Å². The molecule has 104 valence electrons. The summed E-state index contributed by atoms with van der Waals surface area (Å²) in [6.07, 6.45) is 2.92. The van der Waals surface area contributed by atoms with Crippen LogP contribution in [-0.4, -0.2) is 23.6 Å². The number of hydrogen-bond donors (Lipinski definition) is 1. The number of nitrogens with zero attached hydrogens (tertiary/aromatic N) is 2. The number of aromatic nitrogens is 2. The van der Waals surface area contributed by atoms with Crippen LogP contribution in [0.5, 0.6) is 5.75 Å². The maximum Gasteiger partial charge on any atom is 0.168 e. The van der Waals surface area contributed by atoms with E-state index in [1.165, 1.54) is 7.11 Å². The Labute approximate surface area is 117 Å². The molecule has 0 aliphatic carbocycles. The normalized spacial score (nSPS) is 13.9. The quantitative estimate of drug-likeness (QED) is 0.927. The fraction of sp³-hybridized carbons (Fsp3) is 0.333. The molecule has 3 rings (SSSR count). The number of ether oxygens (including phenoxy) is 1. The lowest BCUT2D eigenvalue weighted by molar-refractivity contribution is 0.384. The van der Waals surface area contributed by atoms with E-state index < -0.39 is 0 Å². The molecule has 20 heavy (non-hydrogen) atoms. The maximum absolute atomic E-state index is 14.2. The van der Waals surface area contributed by atoms with Gasteiger partial charge in [0.2, 0.25) is 0 Å². The van der Waals surface area contributed by atoms with Crippen LogP contribution in [0.1, 0.15) is 22.5 Å². The Hall–Kier alpha value is -2.01. The summed E-state index contributed by atoms with van der Waals surface area (Å²) in [6.45, 7) is 1.67. The molecule has 1 aliphatic rings. The van der Waals surface area contributed by atoms with Crippen molar-refractivity contribution in [3.8, 4) is 5.75 Å². The van der Waals surface area contributed by atoms with E-state index in [2.05, 4.69) is 15.3 Å². The third-order valence-electron chi connectivity index (χ3n) is 3.59. The SMILES string of the molecule is COc1cccc(Cc2ncnc3c2CNCC3)c1F. The molecule has 4 nitrogen and oxygen atoms in total. The third-order valence-corrected chi connectivity index (χ3v) is 3.59. The van der Waals surface area contributed by atoms with Crippen LogP contribution in [0.4, 0.5) is 4.39 Å². The molecule has 1 aromatic heterocycles. The summed E-state index contributed by atoms with van der Waals surface area (Å²) in [5, 5.41) is 3.31. The molecule has 0 saturated heterocycles. The molecule has 1 aromatic carbocycles. The number of nitrogens with one attached hydrogen (secondary N) is 1. The van der Waals surface area contributed by atoms with Gasteiger partial charge in [0.25, 0.3) is 0 Å². The van der Waals surface area contributed by atoms with Crippen LogP contribution < -0.4 is 10.1 Å². The van der Waals surface area contributed by atoms with Crippen molar-refractivity contribution in [2.75, 3.05) is 13.7 Å². The highest BCUT2D eigenvalue weighted by atomic mass is 19.1. The molecule has 0 saturated carbocycles. The molecule has 5 heteroatoms. The van der Waals surface area contributed by atoms with Crippen LogP contribution in [0.3, 0.4) is 0 Å². The van der Waals surface area contributed by atoms with Crippen molar-refractivity contribution in [2.24, 2.45) is 0 Å². The molecular weight excluding hydrogens is 257 g/mol. The zero-order valence-electron chi connectivity index (χ0n) is 11.3. The monoisotopic (exact) mass is 273 g/mol. The Morgan fingerprint density at radius 1 is 1.35 bits per heavy atom. The summed E-state index contributed by atoms with van der Waals surface area (Å²) in [7, 11) is 1.47. The van der Waals surface area contributed by atoms with Gasteiger partial charge in [-0.2, -0.15) is 0 Å². The zero-order chi connectivity index (χ0) is 13.9. The molecule has 2 aromatic rings. The van der Waals surface area contributed by atoms with Gasteiger partial charge < -0.3 is 10.1 Å². The van der Waals surface area contributed by atoms with Crippen LogP contribution in [0.15, 0.2) is 24.5 Å². The number of methoxy groups -OCH3 is 1. The first-order valence-electron chi connectivity index (χ1n) is 6.63. The summed E-state index contributed by atoms with van der Waals surface area (Å²) < 4.78 is 19.2. The Kier molecular flexibility index (Phi) is 3.60. The molecule has 0 atom stereocenters. The van der Waals surface area contributed by atoms with E-state index in [0.717, 1.165) is 36.5 Å². The van der Waals surface area contributed by atoms with Gasteiger partial charge in [0.15, 0.2) is 11.6 Å². The van der Waals surface area contributed by atoms with E-state index in [4.69, 9.17) is 4.74 Å². The Balaban J connectivity index is 1.96. The highest BCUT2D eigenvalue weighted by molar-refractivity contribution is 5.36. The Morgan fingerprint density at radius 3 is 3.10 bits per heavy atom. The molecule has 0 fully saturated rings. The van der Waals surface area contributed by atoms with E-state index >= 15 is 0 Å². The maximum atomic E-state index is 14.2. The van der Waals surface area contributed by atoms with E-state index in [1.807, 2.05) is 0 Å². The first-order chi connectivity index (χ1) is 9.79. The summed E-state index contributed by atoms with van der Waals surface area (Å²) in [5.74, 6) is -0.0466. The van der Waals surface area contributed by atoms with Crippen molar-refractivity contribution < 1.29 is 9.13 Å². The van der Waals surface area contributed by atoms with Crippen molar-refractivity contribution in [3.05, 3.63) is 52.9 Å². The molecule has 2 heterocycles. The fourth-order valence-electron chi connectivity index (χ4n) is 2.51. The van der Waals surface area contributed by atoms with Gasteiger partial charge >= 0.3 is 0 Å². The van der Waals surface area contributed by atoms with Crippen molar-refractivity contribution in [1.82, 2.24) is 15.3 Å². The largest absolute Gasteiger partial charge is 0.494 e. The topological polar surface area (TPSA) is 47.0 Å². The predicted molar refractivity (Wildman–Crippen MR) is 73.2 cm³/mol. The number of benzene rings is 1. The lowest BCUT2D eigenvalue weighted by atomic mass is 10.00. The second-order valence-corrected chi connectivity index (χ2v) is 4.78. The minimum absolute atomic E-state index is 0.267. The van der Waals surface area contributed by atoms with Gasteiger partial charge in [-0.15, -0.1) is 0 Å². The van der Waals surface area contributed by atoms with Crippen molar-refractivity contribution >= 4 is 0 Å². The van der Waals surface area contributed by atoms with Gasteiger partial charge in [0, 0.05) is 37.2 Å². The first kappa shape index (κ1) is 13.0. The predicted octanol–water partition coefficient (Wildman–Crippen LogP) is 1.86. The molecule has 0 amide bonds. The van der Waals surface area contributed by atoms with Gasteiger partial charge in [-0.05, 0) is 11.6 Å². The van der Waals surface area contributed by atoms with Crippen molar-refractivity contribution in [1.29, 1.82) is 0 Å². The zero-order valence-corrected chi connectivity index (χ0v) is 11.3. The van der Waals surface area contributed by atoms with Crippen molar-refractivity contribution in [2.45, 2.75) is 19.4 Å². The number of halogens is 1.